The van der Waals surface area contributed by atoms with Gasteiger partial charge in [0.2, 0.25) is 0 Å². The van der Waals surface area contributed by atoms with E-state index in [1.165, 1.54) is 7.11 Å². The molecular weight excluding hydrogens is 320 g/mol. The molecule has 0 bridgehead atoms. The van der Waals surface area contributed by atoms with E-state index in [1.54, 1.807) is 0 Å². The van der Waals surface area contributed by atoms with E-state index in [0.717, 1.165) is 27.7 Å². The van der Waals surface area contributed by atoms with E-state index in [2.05, 4.69) is 4.74 Å². The van der Waals surface area contributed by atoms with Gasteiger partial charge in [-0.2, -0.15) is 0 Å². The summed E-state index contributed by atoms with van der Waals surface area (Å²) in [4.78, 5) is 11.4. The number of hydrogen-bond acceptors (Lipinski definition) is 5. The third-order valence-corrected chi connectivity index (χ3v) is 3.95. The largest absolute Gasteiger partial charge is 0.489 e. The highest BCUT2D eigenvalue weighted by Gasteiger charge is 2.09. The molecule has 3 aromatic rings. The Kier molecular flexibility index (Phi) is 5.05. The van der Waals surface area contributed by atoms with Crippen molar-refractivity contribution in [2.24, 2.45) is 0 Å². The van der Waals surface area contributed by atoms with E-state index < -0.39 is 0 Å². The van der Waals surface area contributed by atoms with E-state index in [4.69, 9.17) is 9.15 Å². The third-order valence-electron chi connectivity index (χ3n) is 3.95. The number of furan rings is 1. The van der Waals surface area contributed by atoms with E-state index >= 15 is 0 Å². The minimum absolute atomic E-state index is 0.118. The summed E-state index contributed by atoms with van der Waals surface area (Å²) in [5.41, 5.74) is 3.63. The van der Waals surface area contributed by atoms with Gasteiger partial charge in [-0.05, 0) is 53.9 Å². The molecule has 3 rings (SSSR count). The number of aliphatic hydroxyl groups is 1. The van der Waals surface area contributed by atoms with Crippen molar-refractivity contribution in [3.63, 3.8) is 0 Å². The van der Waals surface area contributed by atoms with Gasteiger partial charge in [0.1, 0.15) is 30.3 Å². The first-order valence-electron chi connectivity index (χ1n) is 8.00. The second-order valence-corrected chi connectivity index (χ2v) is 5.89. The predicted molar refractivity (Wildman–Crippen MR) is 93.4 cm³/mol. The second kappa shape index (κ2) is 7.40. The quantitative estimate of drug-likeness (QED) is 0.695. The maximum atomic E-state index is 11.4. The number of rotatable bonds is 6. The van der Waals surface area contributed by atoms with Crippen LogP contribution in [0.2, 0.25) is 0 Å². The summed E-state index contributed by atoms with van der Waals surface area (Å²) in [6.45, 7) is 2.25. The average molecular weight is 340 g/mol. The number of hydrogen-bond donors (Lipinski definition) is 1. The highest BCUT2D eigenvalue weighted by atomic mass is 16.5. The molecule has 0 aliphatic carbocycles. The van der Waals surface area contributed by atoms with Gasteiger partial charge in [0.25, 0.3) is 0 Å². The first kappa shape index (κ1) is 17.0. The Morgan fingerprint density at radius 3 is 2.76 bits per heavy atom. The number of benzene rings is 2. The van der Waals surface area contributed by atoms with Crippen LogP contribution >= 0.6 is 0 Å². The van der Waals surface area contributed by atoms with Crippen molar-refractivity contribution >= 4 is 16.9 Å². The normalized spacial score (nSPS) is 10.8. The van der Waals surface area contributed by atoms with Crippen LogP contribution in [0.15, 0.2) is 46.9 Å². The van der Waals surface area contributed by atoms with Crippen LogP contribution in [0.3, 0.4) is 0 Å². The fourth-order valence-corrected chi connectivity index (χ4v) is 2.77. The number of aryl methyl sites for hydroxylation is 1. The molecule has 5 nitrogen and oxygen atoms in total. The zero-order chi connectivity index (χ0) is 17.8. The molecule has 0 saturated heterocycles. The number of fused-ring (bicyclic) bond motifs is 1. The number of ether oxygens (including phenoxy) is 2. The Hall–Kier alpha value is -2.79. The summed E-state index contributed by atoms with van der Waals surface area (Å²) < 4.78 is 16.1. The van der Waals surface area contributed by atoms with Crippen molar-refractivity contribution in [1.29, 1.82) is 0 Å². The summed E-state index contributed by atoms with van der Waals surface area (Å²) in [6, 6.07) is 13.2. The molecule has 0 amide bonds. The Bertz CT molecular complexity index is 894. The summed E-state index contributed by atoms with van der Waals surface area (Å²) >= 11 is 0. The van der Waals surface area contributed by atoms with Gasteiger partial charge < -0.3 is 19.0 Å². The molecule has 1 heterocycles. The van der Waals surface area contributed by atoms with Gasteiger partial charge in [-0.1, -0.05) is 12.1 Å². The van der Waals surface area contributed by atoms with Crippen molar-refractivity contribution in [3.8, 4) is 5.75 Å². The Morgan fingerprint density at radius 1 is 1.16 bits per heavy atom. The van der Waals surface area contributed by atoms with Crippen LogP contribution in [-0.2, 0) is 29.2 Å². The number of carbonyl (C=O) groups excluding carboxylic acids is 1. The fourth-order valence-electron chi connectivity index (χ4n) is 2.77. The zero-order valence-electron chi connectivity index (χ0n) is 14.2. The van der Waals surface area contributed by atoms with E-state index in [1.807, 2.05) is 49.4 Å². The van der Waals surface area contributed by atoms with Crippen molar-refractivity contribution in [3.05, 3.63) is 64.9 Å². The lowest BCUT2D eigenvalue weighted by molar-refractivity contribution is -0.139. The molecule has 130 valence electrons. The Balaban J connectivity index is 1.74. The molecule has 2 aromatic carbocycles. The Morgan fingerprint density at radius 2 is 2.00 bits per heavy atom. The SMILES string of the molecule is COC(=O)Cc1cccc(OCc2cc(C)c3oc(CO)cc3c2)c1. The number of esters is 1. The maximum Gasteiger partial charge on any atom is 0.309 e. The lowest BCUT2D eigenvalue weighted by Gasteiger charge is -2.09. The van der Waals surface area contributed by atoms with Gasteiger partial charge >= 0.3 is 5.97 Å². The predicted octanol–water partition coefficient (Wildman–Crippen LogP) is 3.53. The minimum Gasteiger partial charge on any atom is -0.489 e. The van der Waals surface area contributed by atoms with Gasteiger partial charge in [-0.3, -0.25) is 4.79 Å². The minimum atomic E-state index is -0.280. The van der Waals surface area contributed by atoms with Crippen molar-refractivity contribution in [1.82, 2.24) is 0 Å². The van der Waals surface area contributed by atoms with Crippen LogP contribution in [0, 0.1) is 6.92 Å². The molecule has 0 fully saturated rings. The molecule has 0 unspecified atom stereocenters. The molecule has 0 saturated carbocycles. The van der Waals surface area contributed by atoms with E-state index in [0.29, 0.717) is 18.1 Å². The highest BCUT2D eigenvalue weighted by molar-refractivity contribution is 5.81. The van der Waals surface area contributed by atoms with Crippen LogP contribution < -0.4 is 4.74 Å². The topological polar surface area (TPSA) is 68.9 Å². The summed E-state index contributed by atoms with van der Waals surface area (Å²) in [7, 11) is 1.37. The lowest BCUT2D eigenvalue weighted by Crippen LogP contribution is -2.04. The molecule has 0 aliphatic heterocycles. The van der Waals surface area contributed by atoms with Crippen molar-refractivity contribution < 1.29 is 23.8 Å². The van der Waals surface area contributed by atoms with Crippen LogP contribution in [-0.4, -0.2) is 18.2 Å². The monoisotopic (exact) mass is 340 g/mol. The number of methoxy groups -OCH3 is 1. The smallest absolute Gasteiger partial charge is 0.309 e. The van der Waals surface area contributed by atoms with Gasteiger partial charge in [0.15, 0.2) is 0 Å². The Labute approximate surface area is 145 Å². The standard InChI is InChI=1S/C20H20O5/c1-13-6-15(7-16-10-18(11-21)25-20(13)16)12-24-17-5-3-4-14(8-17)9-19(22)23-2/h3-8,10,21H,9,11-12H2,1-2H3. The molecule has 0 radical (unpaired) electrons. The lowest BCUT2D eigenvalue weighted by atomic mass is 10.1. The first-order chi connectivity index (χ1) is 12.1. The fraction of sp³-hybridized carbons (Fsp3) is 0.250. The molecule has 5 heteroatoms. The summed E-state index contributed by atoms with van der Waals surface area (Å²) in [6.07, 6.45) is 0.220. The molecule has 25 heavy (non-hydrogen) atoms. The number of carbonyl (C=O) groups is 1. The van der Waals surface area contributed by atoms with Crippen LogP contribution in [0.4, 0.5) is 0 Å². The van der Waals surface area contributed by atoms with Crippen molar-refractivity contribution in [2.45, 2.75) is 26.6 Å². The van der Waals surface area contributed by atoms with E-state index in [9.17, 15) is 9.90 Å². The first-order valence-corrected chi connectivity index (χ1v) is 8.00. The van der Waals surface area contributed by atoms with Crippen LogP contribution in [0.1, 0.15) is 22.5 Å². The molecule has 0 spiro atoms. The average Bonchev–Trinajstić information content (AvgIpc) is 3.04. The molecular formula is C20H20O5. The molecule has 1 N–H and O–H groups in total. The molecule has 0 aliphatic rings. The van der Waals surface area contributed by atoms with E-state index in [-0.39, 0.29) is 19.0 Å². The van der Waals surface area contributed by atoms with Gasteiger partial charge in [-0.15, -0.1) is 0 Å². The second-order valence-electron chi connectivity index (χ2n) is 5.89. The highest BCUT2D eigenvalue weighted by Crippen LogP contribution is 2.25. The van der Waals surface area contributed by atoms with Crippen LogP contribution in [0.25, 0.3) is 11.0 Å². The summed E-state index contributed by atoms with van der Waals surface area (Å²) in [5.74, 6) is 0.965. The molecule has 1 aromatic heterocycles. The van der Waals surface area contributed by atoms with Gasteiger partial charge in [-0.25, -0.2) is 0 Å². The number of aliphatic hydroxyl groups excluding tert-OH is 1. The third kappa shape index (κ3) is 4.00. The maximum absolute atomic E-state index is 11.4. The van der Waals surface area contributed by atoms with Crippen LogP contribution in [0.5, 0.6) is 5.75 Å². The van der Waals surface area contributed by atoms with Crippen molar-refractivity contribution in [2.75, 3.05) is 7.11 Å². The summed E-state index contributed by atoms with van der Waals surface area (Å²) in [5, 5.41) is 10.2. The van der Waals surface area contributed by atoms with Gasteiger partial charge in [0.05, 0.1) is 13.5 Å². The molecule has 0 atom stereocenters. The van der Waals surface area contributed by atoms with Gasteiger partial charge in [0, 0.05) is 5.39 Å². The zero-order valence-corrected chi connectivity index (χ0v) is 14.2.